The molecule has 2 amide bonds. The van der Waals surface area contributed by atoms with Gasteiger partial charge in [0.2, 0.25) is 6.10 Å². The number of amides is 2. The zero-order valence-corrected chi connectivity index (χ0v) is 19.5. The maximum Gasteiger partial charge on any atom is 0.406 e. The summed E-state index contributed by atoms with van der Waals surface area (Å²) in [7, 11) is 0. The number of alkyl halides is 3. The number of morpholine rings is 1. The summed E-state index contributed by atoms with van der Waals surface area (Å²) in [5.74, 6) is -3.44. The minimum atomic E-state index is -4.55. The van der Waals surface area contributed by atoms with Crippen molar-refractivity contribution in [2.75, 3.05) is 24.6 Å². The molecule has 13 heteroatoms. The number of carbonyl (C=O) groups excluding carboxylic acids is 4. The van der Waals surface area contributed by atoms with Crippen LogP contribution in [0.3, 0.4) is 0 Å². The first-order valence-electron chi connectivity index (χ1n) is 10.6. The Labute approximate surface area is 198 Å². The van der Waals surface area contributed by atoms with Gasteiger partial charge in [-0.3, -0.25) is 14.5 Å². The number of fused-ring (bicyclic) bond motifs is 1. The van der Waals surface area contributed by atoms with Crippen LogP contribution in [0, 0.1) is 0 Å². The fourth-order valence-corrected chi connectivity index (χ4v) is 3.63. The third-order valence-corrected chi connectivity index (χ3v) is 4.96. The highest BCUT2D eigenvalue weighted by molar-refractivity contribution is 6.03. The van der Waals surface area contributed by atoms with E-state index in [4.69, 9.17) is 14.4 Å². The molecule has 2 aliphatic rings. The molecule has 1 saturated heterocycles. The summed E-state index contributed by atoms with van der Waals surface area (Å²) in [6, 6.07) is 4.28. The summed E-state index contributed by atoms with van der Waals surface area (Å²) < 4.78 is 49.1. The lowest BCUT2D eigenvalue weighted by atomic mass is 10.1. The first kappa shape index (κ1) is 26.4. The van der Waals surface area contributed by atoms with Gasteiger partial charge in [0.05, 0.1) is 6.61 Å². The summed E-state index contributed by atoms with van der Waals surface area (Å²) in [4.78, 5) is 60.9. The third-order valence-electron chi connectivity index (χ3n) is 4.96. The van der Waals surface area contributed by atoms with Crippen LogP contribution in [-0.4, -0.2) is 72.3 Å². The lowest BCUT2D eigenvalue weighted by molar-refractivity contribution is -0.309. The Morgan fingerprint density at radius 2 is 1.89 bits per heavy atom. The van der Waals surface area contributed by atoms with E-state index in [1.165, 1.54) is 23.1 Å². The van der Waals surface area contributed by atoms with Gasteiger partial charge >= 0.3 is 18.1 Å². The normalized spacial score (nSPS) is 19.5. The van der Waals surface area contributed by atoms with E-state index in [2.05, 4.69) is 4.89 Å². The van der Waals surface area contributed by atoms with Crippen molar-refractivity contribution in [1.82, 2.24) is 4.90 Å². The van der Waals surface area contributed by atoms with Crippen LogP contribution in [0.25, 0.3) is 0 Å². The highest BCUT2D eigenvalue weighted by Gasteiger charge is 2.45. The molecule has 2 atom stereocenters. The number of halogens is 3. The lowest BCUT2D eigenvalue weighted by Crippen LogP contribution is -2.56. The fourth-order valence-electron chi connectivity index (χ4n) is 3.63. The predicted octanol–water partition coefficient (Wildman–Crippen LogP) is 2.14. The molecule has 0 aromatic heterocycles. The van der Waals surface area contributed by atoms with Gasteiger partial charge in [-0.25, -0.2) is 9.59 Å². The van der Waals surface area contributed by atoms with Crippen LogP contribution in [0.15, 0.2) is 18.2 Å². The van der Waals surface area contributed by atoms with E-state index in [9.17, 15) is 32.3 Å². The van der Waals surface area contributed by atoms with E-state index >= 15 is 0 Å². The molecular weight excluding hydrogens is 477 g/mol. The van der Waals surface area contributed by atoms with Gasteiger partial charge in [-0.2, -0.15) is 18.1 Å². The molecule has 2 heterocycles. The Balaban J connectivity index is 1.84. The van der Waals surface area contributed by atoms with E-state index in [1.54, 1.807) is 20.8 Å². The average Bonchev–Trinajstić information content (AvgIpc) is 3.01. The molecule has 0 unspecified atom stereocenters. The van der Waals surface area contributed by atoms with Crippen molar-refractivity contribution in [3.63, 3.8) is 0 Å². The molecule has 35 heavy (non-hydrogen) atoms. The highest BCUT2D eigenvalue weighted by atomic mass is 19.4. The van der Waals surface area contributed by atoms with E-state index in [0.29, 0.717) is 10.5 Å². The molecule has 192 valence electrons. The highest BCUT2D eigenvalue weighted by Crippen LogP contribution is 2.31. The topological polar surface area (TPSA) is 112 Å². The molecule has 0 saturated carbocycles. The largest absolute Gasteiger partial charge is 0.458 e. The van der Waals surface area contributed by atoms with Gasteiger partial charge in [-0.05, 0) is 38.5 Å². The average molecular weight is 502 g/mol. The molecule has 0 radical (unpaired) electrons. The zero-order valence-electron chi connectivity index (χ0n) is 19.5. The van der Waals surface area contributed by atoms with Crippen LogP contribution < -0.4 is 4.90 Å². The zero-order chi connectivity index (χ0) is 26.1. The number of esters is 1. The number of hydrogen-bond donors (Lipinski definition) is 0. The third kappa shape index (κ3) is 6.48. The molecule has 1 fully saturated rings. The van der Waals surface area contributed by atoms with Crippen molar-refractivity contribution in [2.45, 2.75) is 58.2 Å². The summed E-state index contributed by atoms with van der Waals surface area (Å²) >= 11 is 0. The maximum absolute atomic E-state index is 13.2. The lowest BCUT2D eigenvalue weighted by Gasteiger charge is -2.35. The Hall–Kier alpha value is -3.19. The van der Waals surface area contributed by atoms with Crippen molar-refractivity contribution >= 4 is 29.4 Å². The minimum absolute atomic E-state index is 0.0309. The molecule has 10 nitrogen and oxygen atoms in total. The number of rotatable bonds is 6. The first-order chi connectivity index (χ1) is 16.2. The van der Waals surface area contributed by atoms with Crippen molar-refractivity contribution in [3.05, 3.63) is 29.3 Å². The van der Waals surface area contributed by atoms with Crippen molar-refractivity contribution in [2.24, 2.45) is 0 Å². The van der Waals surface area contributed by atoms with E-state index in [0.717, 1.165) is 6.92 Å². The number of ether oxygens (including phenoxy) is 2. The molecule has 0 bridgehead atoms. The van der Waals surface area contributed by atoms with Gasteiger partial charge in [0.15, 0.2) is 6.10 Å². The van der Waals surface area contributed by atoms with E-state index < -0.39 is 54.3 Å². The Bertz CT molecular complexity index is 1020. The van der Waals surface area contributed by atoms with Gasteiger partial charge < -0.3 is 19.3 Å². The second-order valence-corrected chi connectivity index (χ2v) is 9.02. The molecule has 0 spiro atoms. The van der Waals surface area contributed by atoms with Crippen molar-refractivity contribution in [3.8, 4) is 0 Å². The Morgan fingerprint density at radius 1 is 1.20 bits per heavy atom. The quantitative estimate of drug-likeness (QED) is 0.331. The SMILES string of the molecule is CC(=O)OO[C@@H](C(=O)OC(C)(C)C)[C@H]1OCCN(c2ccc3c(c2)C(=O)N(CC(F)(F)F)C3)C1=O. The standard InChI is InChI=1S/C22H25F3N2O8/c1-12(28)34-35-17(20(31)33-21(2,3)4)16-19(30)27(7-8-32-16)14-6-5-13-10-26(11-22(23,24)25)18(29)15(13)9-14/h5-6,9,16-17H,7-8,10-11H2,1-4H3/t16-,17-/m1/s1. The monoisotopic (exact) mass is 502 g/mol. The summed E-state index contributed by atoms with van der Waals surface area (Å²) in [5, 5.41) is 0. The van der Waals surface area contributed by atoms with Crippen LogP contribution in [0.5, 0.6) is 0 Å². The molecule has 2 aliphatic heterocycles. The molecule has 3 rings (SSSR count). The Morgan fingerprint density at radius 3 is 2.49 bits per heavy atom. The van der Waals surface area contributed by atoms with Gasteiger partial charge in [-0.15, -0.1) is 0 Å². The number of nitrogens with zero attached hydrogens (tertiary/aromatic N) is 2. The van der Waals surface area contributed by atoms with E-state index in [1.807, 2.05) is 0 Å². The predicted molar refractivity (Wildman–Crippen MR) is 112 cm³/mol. The second-order valence-electron chi connectivity index (χ2n) is 9.02. The van der Waals surface area contributed by atoms with Gasteiger partial charge in [0.1, 0.15) is 12.1 Å². The fraction of sp³-hybridized carbons (Fsp3) is 0.545. The van der Waals surface area contributed by atoms with Crippen LogP contribution in [0.2, 0.25) is 0 Å². The van der Waals surface area contributed by atoms with Crippen LogP contribution in [-0.2, 0) is 40.2 Å². The van der Waals surface area contributed by atoms with Gasteiger partial charge in [0.25, 0.3) is 11.8 Å². The van der Waals surface area contributed by atoms with Gasteiger partial charge in [0, 0.05) is 31.3 Å². The van der Waals surface area contributed by atoms with Crippen LogP contribution in [0.4, 0.5) is 18.9 Å². The smallest absolute Gasteiger partial charge is 0.406 e. The molecule has 0 N–H and O–H groups in total. The number of anilines is 1. The molecule has 1 aromatic rings. The van der Waals surface area contributed by atoms with Crippen LogP contribution >= 0.6 is 0 Å². The van der Waals surface area contributed by atoms with Gasteiger partial charge in [-0.1, -0.05) is 6.07 Å². The molecular formula is C22H25F3N2O8. The summed E-state index contributed by atoms with van der Waals surface area (Å²) in [6.07, 6.45) is -7.84. The Kier molecular flexibility index (Phi) is 7.41. The summed E-state index contributed by atoms with van der Waals surface area (Å²) in [6.45, 7) is 4.19. The van der Waals surface area contributed by atoms with Crippen molar-refractivity contribution in [1.29, 1.82) is 0 Å². The number of benzene rings is 1. The number of hydrogen-bond acceptors (Lipinski definition) is 8. The summed E-state index contributed by atoms with van der Waals surface area (Å²) in [5.41, 5.74) is -0.290. The molecule has 1 aromatic carbocycles. The van der Waals surface area contributed by atoms with Crippen LogP contribution in [0.1, 0.15) is 43.6 Å². The van der Waals surface area contributed by atoms with Crippen molar-refractivity contribution < 1.29 is 51.6 Å². The number of carbonyl (C=O) groups is 4. The molecule has 0 aliphatic carbocycles. The second kappa shape index (κ2) is 9.82. The minimum Gasteiger partial charge on any atom is -0.458 e. The van der Waals surface area contributed by atoms with E-state index in [-0.39, 0.29) is 30.9 Å². The maximum atomic E-state index is 13.2. The first-order valence-corrected chi connectivity index (χ1v) is 10.6.